The summed E-state index contributed by atoms with van der Waals surface area (Å²) in [6, 6.07) is 6.21. The van der Waals surface area contributed by atoms with E-state index in [0.717, 1.165) is 6.42 Å². The number of hydrogen-bond acceptors (Lipinski definition) is 4. The number of nitrogens with zero attached hydrogens (tertiary/aromatic N) is 1. The molecule has 1 aliphatic rings. The lowest BCUT2D eigenvalue weighted by atomic mass is 9.88. The molecule has 7 heteroatoms. The molecule has 0 aliphatic carbocycles. The Labute approximate surface area is 185 Å². The molecule has 3 amide bonds. The highest BCUT2D eigenvalue weighted by atomic mass is 16.5. The van der Waals surface area contributed by atoms with E-state index in [0.29, 0.717) is 49.6 Å². The van der Waals surface area contributed by atoms with Gasteiger partial charge >= 0.3 is 0 Å². The number of carbonyl (C=O) groups is 3. The highest BCUT2D eigenvalue weighted by Crippen LogP contribution is 2.23. The van der Waals surface area contributed by atoms with Gasteiger partial charge in [0.15, 0.2) is 0 Å². The Balaban J connectivity index is 2.09. The third kappa shape index (κ3) is 7.26. The Hall–Kier alpha value is -2.57. The molecule has 1 aromatic rings. The van der Waals surface area contributed by atoms with Gasteiger partial charge in [-0.05, 0) is 62.3 Å². The Morgan fingerprint density at radius 2 is 1.68 bits per heavy atom. The van der Waals surface area contributed by atoms with E-state index in [9.17, 15) is 14.4 Å². The molecule has 0 spiro atoms. The highest BCUT2D eigenvalue weighted by Gasteiger charge is 2.34. The molecule has 0 aromatic heterocycles. The van der Waals surface area contributed by atoms with E-state index >= 15 is 0 Å². The van der Waals surface area contributed by atoms with Gasteiger partial charge in [0.05, 0.1) is 7.11 Å². The maximum atomic E-state index is 13.0. The van der Waals surface area contributed by atoms with Crippen LogP contribution in [0.2, 0.25) is 0 Å². The standard InChI is InChI=1S/C24H37N3O4/c1-6-17(4)25-24(30)22(26-23(29)19-7-9-20(31-5)10-8-19)18-11-13-27(14-12-18)21(28)15-16(2)3/h7-10,16-18,22H,6,11-15H2,1-5H3,(H,25,30)(H,26,29)/t17-,22-/m0/s1. The van der Waals surface area contributed by atoms with Gasteiger partial charge in [0.1, 0.15) is 11.8 Å². The Kier molecular flexibility index (Phi) is 9.34. The number of piperidine rings is 1. The number of nitrogens with one attached hydrogen (secondary N) is 2. The molecular weight excluding hydrogens is 394 g/mol. The smallest absolute Gasteiger partial charge is 0.251 e. The summed E-state index contributed by atoms with van der Waals surface area (Å²) in [6.45, 7) is 9.26. The fourth-order valence-electron chi connectivity index (χ4n) is 3.76. The van der Waals surface area contributed by atoms with Crippen molar-refractivity contribution in [2.45, 2.75) is 65.5 Å². The Morgan fingerprint density at radius 1 is 1.06 bits per heavy atom. The minimum absolute atomic E-state index is 0.0191. The molecule has 2 N–H and O–H groups in total. The van der Waals surface area contributed by atoms with Gasteiger partial charge < -0.3 is 20.3 Å². The van der Waals surface area contributed by atoms with Crippen molar-refractivity contribution >= 4 is 17.7 Å². The van der Waals surface area contributed by atoms with Crippen molar-refractivity contribution < 1.29 is 19.1 Å². The molecule has 0 radical (unpaired) electrons. The predicted molar refractivity (Wildman–Crippen MR) is 121 cm³/mol. The van der Waals surface area contributed by atoms with Gasteiger partial charge in [-0.15, -0.1) is 0 Å². The van der Waals surface area contributed by atoms with Crippen LogP contribution in [0.4, 0.5) is 0 Å². The zero-order chi connectivity index (χ0) is 23.0. The predicted octanol–water partition coefficient (Wildman–Crippen LogP) is 2.99. The number of carbonyl (C=O) groups excluding carboxylic acids is 3. The summed E-state index contributed by atoms with van der Waals surface area (Å²) < 4.78 is 5.14. The molecule has 0 bridgehead atoms. The molecule has 0 saturated carbocycles. The van der Waals surface area contributed by atoms with Crippen molar-refractivity contribution in [3.63, 3.8) is 0 Å². The minimum Gasteiger partial charge on any atom is -0.497 e. The van der Waals surface area contributed by atoms with E-state index in [-0.39, 0.29) is 29.7 Å². The summed E-state index contributed by atoms with van der Waals surface area (Å²) in [5, 5.41) is 5.96. The molecule has 1 fully saturated rings. The van der Waals surface area contributed by atoms with Crippen LogP contribution in [0.15, 0.2) is 24.3 Å². The van der Waals surface area contributed by atoms with Crippen LogP contribution in [0.1, 0.15) is 63.7 Å². The van der Waals surface area contributed by atoms with Crippen molar-refractivity contribution in [2.75, 3.05) is 20.2 Å². The molecule has 1 heterocycles. The average molecular weight is 432 g/mol. The van der Waals surface area contributed by atoms with Crippen LogP contribution in [-0.2, 0) is 9.59 Å². The summed E-state index contributed by atoms with van der Waals surface area (Å²) >= 11 is 0. The third-order valence-electron chi connectivity index (χ3n) is 5.87. The maximum absolute atomic E-state index is 13.0. The monoisotopic (exact) mass is 431 g/mol. The molecular formula is C24H37N3O4. The second kappa shape index (κ2) is 11.7. The molecule has 0 unspecified atom stereocenters. The van der Waals surface area contributed by atoms with Crippen molar-refractivity contribution in [2.24, 2.45) is 11.8 Å². The van der Waals surface area contributed by atoms with Crippen molar-refractivity contribution in [1.29, 1.82) is 0 Å². The number of likely N-dealkylation sites (tertiary alicyclic amines) is 1. The molecule has 172 valence electrons. The van der Waals surface area contributed by atoms with E-state index in [1.807, 2.05) is 32.6 Å². The number of ether oxygens (including phenoxy) is 1. The molecule has 2 rings (SSSR count). The first-order valence-electron chi connectivity index (χ1n) is 11.3. The fourth-order valence-corrected chi connectivity index (χ4v) is 3.76. The highest BCUT2D eigenvalue weighted by molar-refractivity contribution is 5.97. The minimum atomic E-state index is -0.633. The van der Waals surface area contributed by atoms with E-state index in [4.69, 9.17) is 4.74 Å². The quantitative estimate of drug-likeness (QED) is 0.629. The maximum Gasteiger partial charge on any atom is 0.251 e. The third-order valence-corrected chi connectivity index (χ3v) is 5.87. The zero-order valence-corrected chi connectivity index (χ0v) is 19.4. The van der Waals surface area contributed by atoms with E-state index in [2.05, 4.69) is 10.6 Å². The van der Waals surface area contributed by atoms with Crippen LogP contribution in [-0.4, -0.2) is 54.9 Å². The number of hydrogen-bond donors (Lipinski definition) is 2. The van der Waals surface area contributed by atoms with Crippen molar-refractivity contribution in [3.8, 4) is 5.75 Å². The average Bonchev–Trinajstić information content (AvgIpc) is 2.76. The van der Waals surface area contributed by atoms with Crippen LogP contribution in [0.5, 0.6) is 5.75 Å². The molecule has 1 saturated heterocycles. The first kappa shape index (κ1) is 24.7. The number of methoxy groups -OCH3 is 1. The van der Waals surface area contributed by atoms with E-state index < -0.39 is 6.04 Å². The first-order valence-corrected chi connectivity index (χ1v) is 11.3. The van der Waals surface area contributed by atoms with Gasteiger partial charge in [-0.3, -0.25) is 14.4 Å². The lowest BCUT2D eigenvalue weighted by Gasteiger charge is -2.36. The lowest BCUT2D eigenvalue weighted by Crippen LogP contribution is -2.55. The van der Waals surface area contributed by atoms with Crippen LogP contribution in [0.25, 0.3) is 0 Å². The van der Waals surface area contributed by atoms with Crippen LogP contribution in [0.3, 0.4) is 0 Å². The van der Waals surface area contributed by atoms with Gasteiger partial charge in [0.25, 0.3) is 5.91 Å². The van der Waals surface area contributed by atoms with Gasteiger partial charge in [-0.25, -0.2) is 0 Å². The summed E-state index contributed by atoms with van der Waals surface area (Å²) in [5.74, 6) is 0.684. The van der Waals surface area contributed by atoms with Crippen LogP contribution in [0, 0.1) is 11.8 Å². The van der Waals surface area contributed by atoms with Crippen molar-refractivity contribution in [1.82, 2.24) is 15.5 Å². The summed E-state index contributed by atoms with van der Waals surface area (Å²) in [6.07, 6.45) is 2.72. The first-order chi connectivity index (χ1) is 14.7. The van der Waals surface area contributed by atoms with Gasteiger partial charge in [-0.1, -0.05) is 20.8 Å². The lowest BCUT2D eigenvalue weighted by molar-refractivity contribution is -0.133. The molecule has 1 aromatic carbocycles. The van der Waals surface area contributed by atoms with Gasteiger partial charge in [-0.2, -0.15) is 0 Å². The number of rotatable bonds is 9. The second-order valence-electron chi connectivity index (χ2n) is 8.81. The second-order valence-corrected chi connectivity index (χ2v) is 8.81. The molecule has 1 aliphatic heterocycles. The number of amides is 3. The topological polar surface area (TPSA) is 87.7 Å². The molecule has 7 nitrogen and oxygen atoms in total. The zero-order valence-electron chi connectivity index (χ0n) is 19.4. The SMILES string of the molecule is CC[C@H](C)NC(=O)[C@@H](NC(=O)c1ccc(OC)cc1)C1CCN(C(=O)CC(C)C)CC1. The van der Waals surface area contributed by atoms with Crippen LogP contribution >= 0.6 is 0 Å². The molecule has 31 heavy (non-hydrogen) atoms. The summed E-state index contributed by atoms with van der Waals surface area (Å²) in [7, 11) is 1.57. The Bertz CT molecular complexity index is 740. The van der Waals surface area contributed by atoms with Crippen LogP contribution < -0.4 is 15.4 Å². The summed E-state index contributed by atoms with van der Waals surface area (Å²) in [5.41, 5.74) is 0.478. The van der Waals surface area contributed by atoms with Gasteiger partial charge in [0.2, 0.25) is 11.8 Å². The molecule has 2 atom stereocenters. The van der Waals surface area contributed by atoms with Gasteiger partial charge in [0, 0.05) is 31.1 Å². The normalized spacial score (nSPS) is 16.5. The largest absolute Gasteiger partial charge is 0.497 e. The van der Waals surface area contributed by atoms with Crippen molar-refractivity contribution in [3.05, 3.63) is 29.8 Å². The number of benzene rings is 1. The Morgan fingerprint density at radius 3 is 2.19 bits per heavy atom. The summed E-state index contributed by atoms with van der Waals surface area (Å²) in [4.78, 5) is 40.1. The van der Waals surface area contributed by atoms with E-state index in [1.54, 1.807) is 31.4 Å². The van der Waals surface area contributed by atoms with E-state index in [1.165, 1.54) is 0 Å². The fraction of sp³-hybridized carbons (Fsp3) is 0.625.